The molecule has 0 spiro atoms. The van der Waals surface area contributed by atoms with E-state index in [-0.39, 0.29) is 42.0 Å². The van der Waals surface area contributed by atoms with E-state index in [1.54, 1.807) is 4.57 Å². The lowest BCUT2D eigenvalue weighted by atomic mass is 10.2. The lowest BCUT2D eigenvalue weighted by Crippen LogP contribution is -3.00. The Labute approximate surface area is 197 Å². The molecule has 0 unspecified atom stereocenters. The van der Waals surface area contributed by atoms with E-state index in [0.29, 0.717) is 22.1 Å². The molecule has 5 rings (SSSR count). The van der Waals surface area contributed by atoms with Crippen molar-refractivity contribution in [1.82, 2.24) is 0 Å². The Morgan fingerprint density at radius 2 is 2.00 bits per heavy atom. The van der Waals surface area contributed by atoms with Crippen LogP contribution in [0, 0.1) is 6.92 Å². The average Bonchev–Trinajstić information content (AvgIpc) is 3.42. The summed E-state index contributed by atoms with van der Waals surface area (Å²) in [6, 6.07) is 13.2. The summed E-state index contributed by atoms with van der Waals surface area (Å²) in [4.78, 5) is 26.2. The molecule has 0 atom stereocenters. The van der Waals surface area contributed by atoms with E-state index in [4.69, 9.17) is 9.47 Å². The van der Waals surface area contributed by atoms with Crippen molar-refractivity contribution in [3.63, 3.8) is 0 Å². The highest BCUT2D eigenvalue weighted by atomic mass is 79.9. The molecule has 1 aromatic heterocycles. The van der Waals surface area contributed by atoms with Gasteiger partial charge in [-0.15, -0.1) is 4.57 Å². The third-order valence-electron chi connectivity index (χ3n) is 4.83. The van der Waals surface area contributed by atoms with Gasteiger partial charge >= 0.3 is 10.2 Å². The van der Waals surface area contributed by atoms with Crippen molar-refractivity contribution >= 4 is 46.7 Å². The molecule has 0 saturated heterocycles. The van der Waals surface area contributed by atoms with Crippen molar-refractivity contribution in [1.29, 1.82) is 0 Å². The Balaban J connectivity index is 0.00000231. The monoisotopic (exact) mass is 516 g/mol. The van der Waals surface area contributed by atoms with E-state index in [2.05, 4.69) is 5.32 Å². The number of nitrogens with zero attached hydrogens (tertiary/aromatic N) is 1. The molecule has 1 N–H and O–H groups in total. The van der Waals surface area contributed by atoms with Crippen LogP contribution >= 0.6 is 23.1 Å². The fourth-order valence-electron chi connectivity index (χ4n) is 3.31. The SMILES string of the molecule is Cc1ccccc1NC(=O)Cc1csc2[n+]1C(=O)/C(=C/c1ccc3c(c1)OCO3)S2.[Br-]. The van der Waals surface area contributed by atoms with Gasteiger partial charge < -0.3 is 31.8 Å². The molecule has 0 saturated carbocycles. The van der Waals surface area contributed by atoms with Gasteiger partial charge in [-0.1, -0.05) is 35.6 Å². The number of benzene rings is 2. The third-order valence-corrected chi connectivity index (χ3v) is 7.01. The first-order chi connectivity index (χ1) is 14.6. The third kappa shape index (κ3) is 4.26. The van der Waals surface area contributed by atoms with Gasteiger partial charge in [0.1, 0.15) is 11.3 Å². The smallest absolute Gasteiger partial charge is 0.433 e. The largest absolute Gasteiger partial charge is 1.00 e. The van der Waals surface area contributed by atoms with Crippen LogP contribution in [0.25, 0.3) is 6.08 Å². The van der Waals surface area contributed by atoms with Crippen LogP contribution in [0.4, 0.5) is 5.69 Å². The maximum atomic E-state index is 13.0. The molecule has 9 heteroatoms. The Morgan fingerprint density at radius 3 is 2.84 bits per heavy atom. The molecule has 3 aromatic rings. The minimum absolute atomic E-state index is 0. The Morgan fingerprint density at radius 1 is 1.19 bits per heavy atom. The van der Waals surface area contributed by atoms with Crippen LogP contribution in [0.2, 0.25) is 0 Å². The first-order valence-corrected chi connectivity index (χ1v) is 11.0. The zero-order valence-corrected chi connectivity index (χ0v) is 19.6. The molecule has 0 aliphatic carbocycles. The number of hydrogen-bond acceptors (Lipinski definition) is 6. The maximum Gasteiger partial charge on any atom is 0.433 e. The highest BCUT2D eigenvalue weighted by Gasteiger charge is 2.40. The fourth-order valence-corrected chi connectivity index (χ4v) is 5.50. The van der Waals surface area contributed by atoms with Crippen LogP contribution in [0.5, 0.6) is 11.5 Å². The fraction of sp³-hybridized carbons (Fsp3) is 0.136. The maximum absolute atomic E-state index is 13.0. The number of thiazole rings is 1. The van der Waals surface area contributed by atoms with Crippen molar-refractivity contribution in [2.75, 3.05) is 12.1 Å². The van der Waals surface area contributed by atoms with Crippen molar-refractivity contribution in [3.8, 4) is 11.5 Å². The van der Waals surface area contributed by atoms with Gasteiger partial charge in [-0.3, -0.25) is 4.79 Å². The lowest BCUT2D eigenvalue weighted by molar-refractivity contribution is -0.607. The van der Waals surface area contributed by atoms with Gasteiger partial charge in [0.05, 0.1) is 5.38 Å². The first kappa shape index (κ1) is 21.6. The summed E-state index contributed by atoms with van der Waals surface area (Å²) in [7, 11) is 0. The molecule has 31 heavy (non-hydrogen) atoms. The number of ether oxygens (including phenoxy) is 2. The summed E-state index contributed by atoms with van der Waals surface area (Å²) in [6.45, 7) is 2.16. The Bertz CT molecular complexity index is 1220. The number of hydrogen-bond donors (Lipinski definition) is 1. The standard InChI is InChI=1S/C22H16N2O4S2.BrH/c1-13-4-2-3-5-16(13)23-20(25)10-15-11-29-22-24(15)21(26)19(30-22)9-14-6-7-17-18(8-14)28-12-27-17;/h2-9,11H,10,12H2,1H3;1H/b19-9-;. The second-order valence-electron chi connectivity index (χ2n) is 6.90. The molecule has 0 bridgehead atoms. The zero-order valence-electron chi connectivity index (χ0n) is 16.4. The number of thioether (sulfide) groups is 1. The molecule has 1 amide bonds. The average molecular weight is 517 g/mol. The van der Waals surface area contributed by atoms with Gasteiger partial charge in [0.25, 0.3) is 0 Å². The van der Waals surface area contributed by atoms with Gasteiger partial charge in [0.2, 0.25) is 18.4 Å². The summed E-state index contributed by atoms with van der Waals surface area (Å²) in [5.41, 5.74) is 3.33. The van der Waals surface area contributed by atoms with Gasteiger partial charge in [-0.25, -0.2) is 4.79 Å². The number of aromatic nitrogens is 1. The van der Waals surface area contributed by atoms with E-state index in [1.165, 1.54) is 23.1 Å². The van der Waals surface area contributed by atoms with Crippen molar-refractivity contribution < 1.29 is 40.6 Å². The van der Waals surface area contributed by atoms with Gasteiger partial charge in [-0.05, 0) is 42.3 Å². The van der Waals surface area contributed by atoms with Crippen molar-refractivity contribution in [2.45, 2.75) is 17.7 Å². The summed E-state index contributed by atoms with van der Waals surface area (Å²) in [5.74, 6) is 1.12. The minimum atomic E-state index is -0.150. The quantitative estimate of drug-likeness (QED) is 0.414. The molecule has 2 aliphatic rings. The number of carbonyl (C=O) groups excluding carboxylic acids is 2. The second kappa shape index (κ2) is 8.86. The molecule has 0 radical (unpaired) electrons. The lowest BCUT2D eigenvalue weighted by Gasteiger charge is -2.06. The summed E-state index contributed by atoms with van der Waals surface area (Å²) < 4.78 is 13.2. The van der Waals surface area contributed by atoms with E-state index >= 15 is 0 Å². The molecular formula is C22H17BrN2O4S2. The number of nitrogens with one attached hydrogen (secondary N) is 1. The van der Waals surface area contributed by atoms with Gasteiger partial charge in [0.15, 0.2) is 11.5 Å². The van der Waals surface area contributed by atoms with Crippen LogP contribution in [0.15, 0.2) is 57.1 Å². The van der Waals surface area contributed by atoms with Crippen LogP contribution in [-0.4, -0.2) is 18.6 Å². The number of carbonyl (C=O) groups is 2. The normalized spacial score (nSPS) is 15.0. The number of rotatable bonds is 4. The zero-order chi connectivity index (χ0) is 20.7. The number of fused-ring (bicyclic) bond motifs is 2. The number of allylic oxidation sites excluding steroid dienone is 1. The number of amides is 1. The minimum Gasteiger partial charge on any atom is -1.00 e. The van der Waals surface area contributed by atoms with Crippen molar-refractivity contribution in [3.05, 3.63) is 69.6 Å². The highest BCUT2D eigenvalue weighted by Crippen LogP contribution is 2.38. The molecule has 2 aliphatic heterocycles. The summed E-state index contributed by atoms with van der Waals surface area (Å²) in [6.07, 6.45) is 1.97. The predicted molar refractivity (Wildman–Crippen MR) is 115 cm³/mol. The number of halogens is 1. The van der Waals surface area contributed by atoms with E-state index < -0.39 is 0 Å². The van der Waals surface area contributed by atoms with Crippen LogP contribution in [-0.2, 0) is 11.2 Å². The Kier molecular flexibility index (Phi) is 6.17. The second-order valence-corrected chi connectivity index (χ2v) is 9.04. The van der Waals surface area contributed by atoms with Gasteiger partial charge in [0, 0.05) is 17.4 Å². The van der Waals surface area contributed by atoms with Crippen molar-refractivity contribution in [2.24, 2.45) is 0 Å². The first-order valence-electron chi connectivity index (χ1n) is 9.30. The molecular weight excluding hydrogens is 500 g/mol. The molecule has 158 valence electrons. The van der Waals surface area contributed by atoms with Crippen LogP contribution in [0.1, 0.15) is 21.6 Å². The molecule has 2 aromatic carbocycles. The Hall–Kier alpha value is -2.62. The number of aryl methyl sites for hydroxylation is 1. The molecule has 6 nitrogen and oxygen atoms in total. The number of para-hydroxylation sites is 1. The highest BCUT2D eigenvalue weighted by molar-refractivity contribution is 8.05. The van der Waals surface area contributed by atoms with Gasteiger partial charge in [-0.2, -0.15) is 0 Å². The van der Waals surface area contributed by atoms with E-state index in [1.807, 2.05) is 60.8 Å². The van der Waals surface area contributed by atoms with Crippen LogP contribution < -0.4 is 36.3 Å². The molecule has 3 heterocycles. The molecule has 0 fully saturated rings. The summed E-state index contributed by atoms with van der Waals surface area (Å²) in [5, 5.41) is 4.79. The number of anilines is 1. The van der Waals surface area contributed by atoms with E-state index in [0.717, 1.165) is 21.2 Å². The predicted octanol–water partition coefficient (Wildman–Crippen LogP) is 1.04. The topological polar surface area (TPSA) is 68.5 Å². The summed E-state index contributed by atoms with van der Waals surface area (Å²) >= 11 is 2.88. The van der Waals surface area contributed by atoms with Crippen LogP contribution in [0.3, 0.4) is 0 Å². The van der Waals surface area contributed by atoms with E-state index in [9.17, 15) is 9.59 Å².